The Morgan fingerprint density at radius 1 is 1.47 bits per heavy atom. The van der Waals surface area contributed by atoms with E-state index >= 15 is 0 Å². The van der Waals surface area contributed by atoms with Crippen LogP contribution < -0.4 is 11.1 Å². The standard InChI is InChI=1S/C14H28N2O3/c1-11-4-6-14(10-15,7-5-11)19-12(2)13(17)16-8-9-18-3/h11-12H,4-10,15H2,1-3H3,(H,16,17). The minimum atomic E-state index is -0.464. The number of nitrogens with two attached hydrogens (primary N) is 1. The predicted octanol–water partition coefficient (Wildman–Crippen LogP) is 1.06. The van der Waals surface area contributed by atoms with Gasteiger partial charge in [0.1, 0.15) is 6.10 Å². The lowest BCUT2D eigenvalue weighted by Gasteiger charge is -2.40. The van der Waals surface area contributed by atoms with E-state index in [0.717, 1.165) is 31.6 Å². The lowest BCUT2D eigenvalue weighted by molar-refractivity contribution is -0.150. The van der Waals surface area contributed by atoms with E-state index < -0.39 is 6.10 Å². The van der Waals surface area contributed by atoms with Crippen LogP contribution in [0.2, 0.25) is 0 Å². The molecule has 1 atom stereocenters. The van der Waals surface area contributed by atoms with Crippen molar-refractivity contribution in [3.8, 4) is 0 Å². The molecule has 0 aromatic carbocycles. The molecule has 0 bridgehead atoms. The molecule has 1 saturated carbocycles. The van der Waals surface area contributed by atoms with E-state index in [1.807, 2.05) is 0 Å². The maximum atomic E-state index is 11.9. The van der Waals surface area contributed by atoms with Crippen LogP contribution in [-0.2, 0) is 14.3 Å². The summed E-state index contributed by atoms with van der Waals surface area (Å²) in [5.41, 5.74) is 5.56. The lowest BCUT2D eigenvalue weighted by atomic mass is 9.79. The first-order valence-corrected chi connectivity index (χ1v) is 7.17. The summed E-state index contributed by atoms with van der Waals surface area (Å²) in [6.07, 6.45) is 3.67. The number of hydrogen-bond donors (Lipinski definition) is 2. The monoisotopic (exact) mass is 272 g/mol. The molecular weight excluding hydrogens is 244 g/mol. The molecule has 1 amide bonds. The summed E-state index contributed by atoms with van der Waals surface area (Å²) in [4.78, 5) is 11.9. The van der Waals surface area contributed by atoms with Gasteiger partial charge in [-0.1, -0.05) is 6.92 Å². The second kappa shape index (κ2) is 7.82. The molecule has 1 unspecified atom stereocenters. The minimum Gasteiger partial charge on any atom is -0.383 e. The largest absolute Gasteiger partial charge is 0.383 e. The molecule has 0 heterocycles. The van der Waals surface area contributed by atoms with E-state index in [9.17, 15) is 4.79 Å². The number of methoxy groups -OCH3 is 1. The number of hydrogen-bond acceptors (Lipinski definition) is 4. The van der Waals surface area contributed by atoms with Crippen LogP contribution in [0.25, 0.3) is 0 Å². The average molecular weight is 272 g/mol. The molecule has 0 aromatic heterocycles. The zero-order valence-corrected chi connectivity index (χ0v) is 12.4. The van der Waals surface area contributed by atoms with Gasteiger partial charge in [0.2, 0.25) is 5.91 Å². The Morgan fingerprint density at radius 2 is 2.11 bits per heavy atom. The van der Waals surface area contributed by atoms with E-state index in [2.05, 4.69) is 12.2 Å². The summed E-state index contributed by atoms with van der Waals surface area (Å²) < 4.78 is 10.9. The van der Waals surface area contributed by atoms with Gasteiger partial charge in [-0.05, 0) is 38.5 Å². The van der Waals surface area contributed by atoms with Gasteiger partial charge in [-0.25, -0.2) is 0 Å². The van der Waals surface area contributed by atoms with E-state index in [-0.39, 0.29) is 11.5 Å². The van der Waals surface area contributed by atoms with Gasteiger partial charge in [-0.3, -0.25) is 4.79 Å². The number of amides is 1. The van der Waals surface area contributed by atoms with Crippen LogP contribution in [0.3, 0.4) is 0 Å². The van der Waals surface area contributed by atoms with Crippen molar-refractivity contribution >= 4 is 5.91 Å². The quantitative estimate of drug-likeness (QED) is 0.680. The van der Waals surface area contributed by atoms with Crippen LogP contribution in [-0.4, -0.2) is 44.4 Å². The van der Waals surface area contributed by atoms with E-state index in [0.29, 0.717) is 19.7 Å². The maximum absolute atomic E-state index is 11.9. The van der Waals surface area contributed by atoms with Gasteiger partial charge in [-0.2, -0.15) is 0 Å². The topological polar surface area (TPSA) is 73.6 Å². The van der Waals surface area contributed by atoms with Crippen molar-refractivity contribution in [3.05, 3.63) is 0 Å². The first-order valence-electron chi connectivity index (χ1n) is 7.17. The van der Waals surface area contributed by atoms with Gasteiger partial charge in [0.05, 0.1) is 12.2 Å². The van der Waals surface area contributed by atoms with Gasteiger partial charge in [0, 0.05) is 20.2 Å². The van der Waals surface area contributed by atoms with Crippen LogP contribution in [0.5, 0.6) is 0 Å². The fourth-order valence-corrected chi connectivity index (χ4v) is 2.51. The van der Waals surface area contributed by atoms with Crippen LogP contribution in [0, 0.1) is 5.92 Å². The second-order valence-electron chi connectivity index (χ2n) is 5.61. The van der Waals surface area contributed by atoms with Crippen molar-refractivity contribution in [3.63, 3.8) is 0 Å². The summed E-state index contributed by atoms with van der Waals surface area (Å²) in [6, 6.07) is 0. The highest BCUT2D eigenvalue weighted by Gasteiger charge is 2.36. The van der Waals surface area contributed by atoms with Crippen LogP contribution in [0.4, 0.5) is 0 Å². The van der Waals surface area contributed by atoms with Gasteiger partial charge in [0.15, 0.2) is 0 Å². The molecule has 1 aliphatic rings. The first kappa shape index (κ1) is 16.4. The SMILES string of the molecule is COCCNC(=O)C(C)OC1(CN)CCC(C)CC1. The molecule has 5 nitrogen and oxygen atoms in total. The van der Waals surface area contributed by atoms with E-state index in [1.54, 1.807) is 14.0 Å². The average Bonchev–Trinajstić information content (AvgIpc) is 2.42. The van der Waals surface area contributed by atoms with E-state index in [1.165, 1.54) is 0 Å². The summed E-state index contributed by atoms with van der Waals surface area (Å²) in [5.74, 6) is 0.637. The number of nitrogens with one attached hydrogen (secondary N) is 1. The Bertz CT molecular complexity index is 276. The Morgan fingerprint density at radius 3 is 2.63 bits per heavy atom. The number of rotatable bonds is 7. The van der Waals surface area contributed by atoms with Crippen LogP contribution in [0.15, 0.2) is 0 Å². The van der Waals surface area contributed by atoms with Gasteiger partial charge in [0.25, 0.3) is 0 Å². The Labute approximate surface area is 116 Å². The number of ether oxygens (including phenoxy) is 2. The highest BCUT2D eigenvalue weighted by Crippen LogP contribution is 2.34. The summed E-state index contributed by atoms with van der Waals surface area (Å²) in [5, 5.41) is 2.79. The molecule has 3 N–H and O–H groups in total. The Kier molecular flexibility index (Phi) is 6.75. The Hall–Kier alpha value is -0.650. The molecule has 112 valence electrons. The van der Waals surface area contributed by atoms with Crippen molar-refractivity contribution in [2.45, 2.75) is 51.2 Å². The highest BCUT2D eigenvalue weighted by atomic mass is 16.5. The second-order valence-corrected chi connectivity index (χ2v) is 5.61. The highest BCUT2D eigenvalue weighted by molar-refractivity contribution is 5.80. The fourth-order valence-electron chi connectivity index (χ4n) is 2.51. The molecule has 1 aliphatic carbocycles. The lowest BCUT2D eigenvalue weighted by Crippen LogP contribution is -2.49. The smallest absolute Gasteiger partial charge is 0.248 e. The van der Waals surface area contributed by atoms with Crippen LogP contribution in [0.1, 0.15) is 39.5 Å². The van der Waals surface area contributed by atoms with Crippen molar-refractivity contribution in [1.82, 2.24) is 5.32 Å². The molecule has 0 aromatic rings. The van der Waals surface area contributed by atoms with Crippen molar-refractivity contribution in [2.24, 2.45) is 11.7 Å². The molecule has 5 heteroatoms. The number of carbonyl (C=O) groups is 1. The third-order valence-corrected chi connectivity index (χ3v) is 3.96. The normalized spacial score (nSPS) is 28.9. The summed E-state index contributed by atoms with van der Waals surface area (Å²) >= 11 is 0. The molecule has 0 aliphatic heterocycles. The zero-order chi connectivity index (χ0) is 14.3. The molecule has 0 spiro atoms. The first-order chi connectivity index (χ1) is 9.03. The molecule has 1 fully saturated rings. The molecular formula is C14H28N2O3. The number of carbonyl (C=O) groups excluding carboxylic acids is 1. The van der Waals surface area contributed by atoms with Crippen LogP contribution >= 0.6 is 0 Å². The molecule has 1 rings (SSSR count). The van der Waals surface area contributed by atoms with E-state index in [4.69, 9.17) is 15.2 Å². The predicted molar refractivity (Wildman–Crippen MR) is 74.9 cm³/mol. The summed E-state index contributed by atoms with van der Waals surface area (Å²) in [7, 11) is 1.61. The van der Waals surface area contributed by atoms with Gasteiger partial charge < -0.3 is 20.5 Å². The molecule has 19 heavy (non-hydrogen) atoms. The Balaban J connectivity index is 2.44. The minimum absolute atomic E-state index is 0.0940. The van der Waals surface area contributed by atoms with Gasteiger partial charge in [-0.15, -0.1) is 0 Å². The maximum Gasteiger partial charge on any atom is 0.248 e. The zero-order valence-electron chi connectivity index (χ0n) is 12.4. The van der Waals surface area contributed by atoms with Gasteiger partial charge >= 0.3 is 0 Å². The molecule has 0 saturated heterocycles. The molecule has 0 radical (unpaired) electrons. The summed E-state index contributed by atoms with van der Waals surface area (Å²) in [6.45, 7) is 5.54. The fraction of sp³-hybridized carbons (Fsp3) is 0.929. The van der Waals surface area contributed by atoms with Crippen molar-refractivity contribution < 1.29 is 14.3 Å². The third-order valence-electron chi connectivity index (χ3n) is 3.96. The third kappa shape index (κ3) is 5.09. The van der Waals surface area contributed by atoms with Crippen molar-refractivity contribution in [1.29, 1.82) is 0 Å². The van der Waals surface area contributed by atoms with Crippen molar-refractivity contribution in [2.75, 3.05) is 26.8 Å².